The summed E-state index contributed by atoms with van der Waals surface area (Å²) in [5.41, 5.74) is 3.84. The molecule has 0 saturated carbocycles. The van der Waals surface area contributed by atoms with Gasteiger partial charge in [-0.1, -0.05) is 39.0 Å². The maximum Gasteiger partial charge on any atom is 0.407 e. The molecule has 0 bridgehead atoms. The number of hydrogen-bond acceptors (Lipinski definition) is 4. The Labute approximate surface area is 176 Å². The van der Waals surface area contributed by atoms with Crippen molar-refractivity contribution in [3.63, 3.8) is 0 Å². The van der Waals surface area contributed by atoms with Gasteiger partial charge >= 0.3 is 6.09 Å². The maximum absolute atomic E-state index is 11.8. The molecule has 0 saturated heterocycles. The quantitative estimate of drug-likeness (QED) is 0.590. The summed E-state index contributed by atoms with van der Waals surface area (Å²) in [6.45, 7) is 13.9. The van der Waals surface area contributed by atoms with Crippen molar-refractivity contribution in [1.82, 2.24) is 10.6 Å². The predicted octanol–water partition coefficient (Wildman–Crippen LogP) is 4.38. The van der Waals surface area contributed by atoms with Crippen molar-refractivity contribution in [2.75, 3.05) is 19.7 Å². The van der Waals surface area contributed by atoms with E-state index in [1.54, 1.807) is 0 Å². The van der Waals surface area contributed by atoms with E-state index in [0.29, 0.717) is 6.54 Å². The third-order valence-electron chi connectivity index (χ3n) is 5.16. The number of rotatable bonds is 7. The lowest BCUT2D eigenvalue weighted by molar-refractivity contribution is 0.0527. The molecule has 1 aliphatic carbocycles. The molecule has 0 radical (unpaired) electrons. The molecule has 5 heteroatoms. The lowest BCUT2D eigenvalue weighted by Gasteiger charge is -2.34. The van der Waals surface area contributed by atoms with Crippen LogP contribution in [0.15, 0.2) is 18.2 Å². The molecule has 164 valence electrons. The van der Waals surface area contributed by atoms with Gasteiger partial charge in [-0.3, -0.25) is 0 Å². The van der Waals surface area contributed by atoms with Crippen LogP contribution in [0, 0.1) is 11.3 Å². The van der Waals surface area contributed by atoms with Crippen molar-refractivity contribution in [2.24, 2.45) is 11.3 Å². The van der Waals surface area contributed by atoms with Gasteiger partial charge in [-0.05, 0) is 75.1 Å². The monoisotopic (exact) mass is 404 g/mol. The lowest BCUT2D eigenvalue weighted by atomic mass is 9.78. The lowest BCUT2D eigenvalue weighted by Crippen LogP contribution is -2.37. The number of amides is 1. The standard InChI is InChI=1S/C24H40N2O3/c1-23(2,3)15-17-8-9-18-10-11-19(16-27)21(20(18)14-17)25-12-7-13-26-22(28)29-24(4,5)6/h8-9,14,19,21,25,27H,7,10-13,15-16H2,1-6H3,(H,26,28). The van der Waals surface area contributed by atoms with Gasteiger partial charge in [-0.25, -0.2) is 4.79 Å². The maximum atomic E-state index is 11.8. The second-order valence-corrected chi connectivity index (χ2v) is 10.5. The van der Waals surface area contributed by atoms with Crippen LogP contribution in [0.4, 0.5) is 4.79 Å². The number of carbonyl (C=O) groups is 1. The van der Waals surface area contributed by atoms with E-state index in [9.17, 15) is 9.90 Å². The molecule has 0 heterocycles. The van der Waals surface area contributed by atoms with E-state index in [4.69, 9.17) is 4.74 Å². The topological polar surface area (TPSA) is 70.6 Å². The first kappa shape index (κ1) is 23.7. The molecule has 1 amide bonds. The number of ether oxygens (including phenoxy) is 1. The van der Waals surface area contributed by atoms with E-state index in [-0.39, 0.29) is 30.1 Å². The van der Waals surface area contributed by atoms with Crippen LogP contribution >= 0.6 is 0 Å². The molecule has 0 aliphatic heterocycles. The van der Waals surface area contributed by atoms with Gasteiger partial charge in [0.2, 0.25) is 0 Å². The van der Waals surface area contributed by atoms with Crippen LogP contribution in [0.25, 0.3) is 0 Å². The second-order valence-electron chi connectivity index (χ2n) is 10.5. The van der Waals surface area contributed by atoms with Crippen molar-refractivity contribution in [3.8, 4) is 0 Å². The van der Waals surface area contributed by atoms with Gasteiger partial charge in [-0.15, -0.1) is 0 Å². The number of aliphatic hydroxyl groups excluding tert-OH is 1. The van der Waals surface area contributed by atoms with E-state index in [0.717, 1.165) is 32.2 Å². The highest BCUT2D eigenvalue weighted by atomic mass is 16.6. The summed E-state index contributed by atoms with van der Waals surface area (Å²) in [6, 6.07) is 7.01. The third kappa shape index (κ3) is 7.98. The van der Waals surface area contributed by atoms with Gasteiger partial charge in [0.05, 0.1) is 0 Å². The molecule has 0 spiro atoms. The Balaban J connectivity index is 1.95. The molecule has 3 N–H and O–H groups in total. The first-order chi connectivity index (χ1) is 13.5. The van der Waals surface area contributed by atoms with E-state index in [2.05, 4.69) is 49.6 Å². The average Bonchev–Trinajstić information content (AvgIpc) is 2.58. The summed E-state index contributed by atoms with van der Waals surface area (Å²) < 4.78 is 5.26. The van der Waals surface area contributed by atoms with Crippen LogP contribution in [0.1, 0.15) is 77.1 Å². The molecule has 2 atom stereocenters. The molecule has 2 unspecified atom stereocenters. The summed E-state index contributed by atoms with van der Waals surface area (Å²) in [6.07, 6.45) is 3.49. The second kappa shape index (κ2) is 9.94. The molecule has 1 aromatic carbocycles. The number of nitrogens with one attached hydrogen (secondary N) is 2. The van der Waals surface area contributed by atoms with E-state index >= 15 is 0 Å². The molecule has 1 aromatic rings. The molecule has 2 rings (SSSR count). The van der Waals surface area contributed by atoms with Crippen LogP contribution < -0.4 is 10.6 Å². The molecular formula is C24H40N2O3. The number of benzene rings is 1. The molecular weight excluding hydrogens is 364 g/mol. The molecule has 1 aliphatic rings. The Morgan fingerprint density at radius 3 is 2.52 bits per heavy atom. The normalized spacial score (nSPS) is 19.6. The van der Waals surface area contributed by atoms with E-state index < -0.39 is 5.60 Å². The summed E-state index contributed by atoms with van der Waals surface area (Å²) in [5, 5.41) is 16.4. The zero-order chi connectivity index (χ0) is 21.7. The number of aryl methyl sites for hydroxylation is 1. The van der Waals surface area contributed by atoms with Gasteiger partial charge in [0.15, 0.2) is 0 Å². The van der Waals surface area contributed by atoms with Crippen molar-refractivity contribution >= 4 is 6.09 Å². The van der Waals surface area contributed by atoms with Crippen LogP contribution in [-0.4, -0.2) is 36.5 Å². The van der Waals surface area contributed by atoms with E-state index in [1.807, 2.05) is 20.8 Å². The summed E-state index contributed by atoms with van der Waals surface area (Å²) in [4.78, 5) is 11.8. The van der Waals surface area contributed by atoms with Crippen molar-refractivity contribution in [2.45, 2.75) is 78.9 Å². The highest BCUT2D eigenvalue weighted by Gasteiger charge is 2.29. The number of carbonyl (C=O) groups excluding carboxylic acids is 1. The Hall–Kier alpha value is -1.59. The van der Waals surface area contributed by atoms with Crippen molar-refractivity contribution in [3.05, 3.63) is 34.9 Å². The van der Waals surface area contributed by atoms with Crippen molar-refractivity contribution < 1.29 is 14.6 Å². The minimum atomic E-state index is -0.479. The summed E-state index contributed by atoms with van der Waals surface area (Å²) >= 11 is 0. The van der Waals surface area contributed by atoms with Crippen LogP contribution in [-0.2, 0) is 17.6 Å². The van der Waals surface area contributed by atoms with Crippen LogP contribution in [0.3, 0.4) is 0 Å². The summed E-state index contributed by atoms with van der Waals surface area (Å²) in [5.74, 6) is 0.228. The highest BCUT2D eigenvalue weighted by Crippen LogP contribution is 2.36. The van der Waals surface area contributed by atoms with Gasteiger partial charge in [-0.2, -0.15) is 0 Å². The van der Waals surface area contributed by atoms with Crippen LogP contribution in [0.5, 0.6) is 0 Å². The molecule has 0 aromatic heterocycles. The largest absolute Gasteiger partial charge is 0.444 e. The number of hydrogen-bond donors (Lipinski definition) is 3. The van der Waals surface area contributed by atoms with Gasteiger partial charge in [0, 0.05) is 25.1 Å². The summed E-state index contributed by atoms with van der Waals surface area (Å²) in [7, 11) is 0. The van der Waals surface area contributed by atoms with Gasteiger partial charge < -0.3 is 20.5 Å². The first-order valence-electron chi connectivity index (χ1n) is 10.9. The zero-order valence-corrected chi connectivity index (χ0v) is 19.1. The smallest absolute Gasteiger partial charge is 0.407 e. The number of alkyl carbamates (subject to hydrolysis) is 1. The minimum Gasteiger partial charge on any atom is -0.444 e. The number of aliphatic hydroxyl groups is 1. The van der Waals surface area contributed by atoms with Gasteiger partial charge in [0.25, 0.3) is 0 Å². The van der Waals surface area contributed by atoms with Crippen LogP contribution in [0.2, 0.25) is 0 Å². The number of fused-ring (bicyclic) bond motifs is 1. The fourth-order valence-electron chi connectivity index (χ4n) is 3.97. The van der Waals surface area contributed by atoms with Crippen molar-refractivity contribution in [1.29, 1.82) is 0 Å². The minimum absolute atomic E-state index is 0.158. The first-order valence-corrected chi connectivity index (χ1v) is 10.9. The Morgan fingerprint density at radius 1 is 1.17 bits per heavy atom. The Bertz CT molecular complexity index is 674. The third-order valence-corrected chi connectivity index (χ3v) is 5.16. The highest BCUT2D eigenvalue weighted by molar-refractivity contribution is 5.67. The fourth-order valence-corrected chi connectivity index (χ4v) is 3.97. The van der Waals surface area contributed by atoms with Gasteiger partial charge in [0.1, 0.15) is 5.60 Å². The fraction of sp³-hybridized carbons (Fsp3) is 0.708. The SMILES string of the molecule is CC(C)(C)Cc1ccc2c(c1)C(NCCCNC(=O)OC(C)(C)C)C(CO)CC2. The molecule has 5 nitrogen and oxygen atoms in total. The molecule has 0 fully saturated rings. The van der Waals surface area contributed by atoms with E-state index in [1.165, 1.54) is 16.7 Å². The Morgan fingerprint density at radius 2 is 1.90 bits per heavy atom. The zero-order valence-electron chi connectivity index (χ0n) is 19.1. The Kier molecular flexibility index (Phi) is 8.12. The average molecular weight is 405 g/mol. The molecule has 29 heavy (non-hydrogen) atoms. The predicted molar refractivity (Wildman–Crippen MR) is 118 cm³/mol.